The second-order valence-electron chi connectivity index (χ2n) is 6.90. The first kappa shape index (κ1) is 17.0. The monoisotopic (exact) mass is 329 g/mol. The zero-order valence-electron chi connectivity index (χ0n) is 15.0. The van der Waals surface area contributed by atoms with Gasteiger partial charge >= 0.3 is 0 Å². The van der Waals surface area contributed by atoms with Gasteiger partial charge in [-0.3, -0.25) is 4.90 Å². The number of hydrogen-bond acceptors (Lipinski definition) is 4. The zero-order chi connectivity index (χ0) is 17.3. The molecule has 0 amide bonds. The van der Waals surface area contributed by atoms with Crippen LogP contribution >= 0.6 is 0 Å². The summed E-state index contributed by atoms with van der Waals surface area (Å²) in [6, 6.07) is 10.1. The van der Waals surface area contributed by atoms with E-state index in [2.05, 4.69) is 10.00 Å². The van der Waals surface area contributed by atoms with E-state index in [0.29, 0.717) is 6.54 Å². The van der Waals surface area contributed by atoms with Gasteiger partial charge in [-0.05, 0) is 38.8 Å². The van der Waals surface area contributed by atoms with E-state index >= 15 is 0 Å². The van der Waals surface area contributed by atoms with Gasteiger partial charge in [0.1, 0.15) is 0 Å². The van der Waals surface area contributed by atoms with Gasteiger partial charge in [0, 0.05) is 19.6 Å². The Bertz CT molecular complexity index is 694. The van der Waals surface area contributed by atoms with Gasteiger partial charge in [0.2, 0.25) is 5.88 Å². The fraction of sp³-hybridized carbons (Fsp3) is 0.526. The average Bonchev–Trinajstić information content (AvgIpc) is 3.10. The Morgan fingerprint density at radius 3 is 2.71 bits per heavy atom. The molecule has 1 aliphatic rings. The first-order valence-corrected chi connectivity index (χ1v) is 8.53. The topological polar surface area (TPSA) is 50.5 Å². The fourth-order valence-corrected chi connectivity index (χ4v) is 3.91. The van der Waals surface area contributed by atoms with Gasteiger partial charge in [0.25, 0.3) is 0 Å². The number of ether oxygens (including phenoxy) is 1. The third-order valence-corrected chi connectivity index (χ3v) is 5.01. The number of methoxy groups -OCH3 is 1. The first-order chi connectivity index (χ1) is 11.4. The third kappa shape index (κ3) is 3.06. The Kier molecular flexibility index (Phi) is 4.65. The molecule has 130 valence electrons. The van der Waals surface area contributed by atoms with Gasteiger partial charge < -0.3 is 9.84 Å². The summed E-state index contributed by atoms with van der Waals surface area (Å²) in [7, 11) is 3.61. The lowest BCUT2D eigenvalue weighted by atomic mass is 9.94. The van der Waals surface area contributed by atoms with Crippen molar-refractivity contribution in [2.45, 2.75) is 38.3 Å². The minimum absolute atomic E-state index is 0.240. The number of nitrogens with zero attached hydrogens (tertiary/aromatic N) is 3. The summed E-state index contributed by atoms with van der Waals surface area (Å²) in [5, 5.41) is 15.5. The van der Waals surface area contributed by atoms with Crippen LogP contribution in [0.25, 0.3) is 0 Å². The molecule has 0 saturated carbocycles. The maximum atomic E-state index is 11.0. The number of β-amino-alcohol motifs (C(OH)–C–C–N with tert-alkyl or cyclic N) is 1. The minimum Gasteiger partial charge on any atom is -0.481 e. The third-order valence-electron chi connectivity index (χ3n) is 5.01. The molecule has 2 aromatic rings. The highest BCUT2D eigenvalue weighted by molar-refractivity contribution is 5.35. The van der Waals surface area contributed by atoms with Crippen LogP contribution in [0.3, 0.4) is 0 Å². The standard InChI is InChI=1S/C19H27N3O2/c1-14-17(18(24-4)21(3)20-14)16-11-8-12-22(16)13-19(2,23)15-9-6-5-7-10-15/h5-7,9-10,16,23H,8,11-13H2,1-4H3/t16-,19-/m0/s1. The minimum atomic E-state index is -0.882. The number of rotatable bonds is 5. The van der Waals surface area contributed by atoms with E-state index in [1.807, 2.05) is 51.2 Å². The normalized spacial score (nSPS) is 21.0. The highest BCUT2D eigenvalue weighted by atomic mass is 16.5. The van der Waals surface area contributed by atoms with Gasteiger partial charge in [-0.1, -0.05) is 30.3 Å². The SMILES string of the molecule is COc1c([C@@H]2CCCN2C[C@](C)(O)c2ccccc2)c(C)nn1C. The van der Waals surface area contributed by atoms with Gasteiger partial charge in [0.05, 0.1) is 24.0 Å². The fourth-order valence-electron chi connectivity index (χ4n) is 3.91. The molecule has 0 aliphatic carbocycles. The number of aryl methyl sites for hydroxylation is 2. The summed E-state index contributed by atoms with van der Waals surface area (Å²) in [6.07, 6.45) is 2.18. The first-order valence-electron chi connectivity index (χ1n) is 8.53. The Hall–Kier alpha value is -1.85. The second kappa shape index (κ2) is 6.57. The molecule has 24 heavy (non-hydrogen) atoms. The predicted octanol–water partition coefficient (Wildman–Crippen LogP) is 2.78. The average molecular weight is 329 g/mol. The van der Waals surface area contributed by atoms with Gasteiger partial charge in [-0.2, -0.15) is 5.10 Å². The number of benzene rings is 1. The number of aromatic nitrogens is 2. The molecule has 3 rings (SSSR count). The summed E-state index contributed by atoms with van der Waals surface area (Å²) in [4.78, 5) is 2.36. The van der Waals surface area contributed by atoms with E-state index < -0.39 is 5.60 Å². The Morgan fingerprint density at radius 1 is 1.33 bits per heavy atom. The molecule has 0 unspecified atom stereocenters. The van der Waals surface area contributed by atoms with Crippen LogP contribution in [0.15, 0.2) is 30.3 Å². The van der Waals surface area contributed by atoms with Crippen molar-refractivity contribution in [2.75, 3.05) is 20.2 Å². The van der Waals surface area contributed by atoms with E-state index in [0.717, 1.165) is 42.1 Å². The molecule has 1 aromatic carbocycles. The van der Waals surface area contributed by atoms with Crippen molar-refractivity contribution >= 4 is 0 Å². The maximum absolute atomic E-state index is 11.0. The number of aliphatic hydroxyl groups is 1. The summed E-state index contributed by atoms with van der Waals surface area (Å²) in [5.41, 5.74) is 2.23. The number of likely N-dealkylation sites (tertiary alicyclic amines) is 1. The molecule has 1 aromatic heterocycles. The van der Waals surface area contributed by atoms with Crippen LogP contribution in [-0.4, -0.2) is 40.0 Å². The van der Waals surface area contributed by atoms with Gasteiger partial charge in [-0.25, -0.2) is 4.68 Å². The van der Waals surface area contributed by atoms with Crippen LogP contribution in [-0.2, 0) is 12.6 Å². The Morgan fingerprint density at radius 2 is 2.04 bits per heavy atom. The number of hydrogen-bond donors (Lipinski definition) is 1. The predicted molar refractivity (Wildman–Crippen MR) is 94.1 cm³/mol. The molecule has 0 bridgehead atoms. The Balaban J connectivity index is 1.87. The second-order valence-corrected chi connectivity index (χ2v) is 6.90. The summed E-state index contributed by atoms with van der Waals surface area (Å²) in [5.74, 6) is 0.823. The summed E-state index contributed by atoms with van der Waals surface area (Å²) in [6.45, 7) is 5.50. The maximum Gasteiger partial charge on any atom is 0.216 e. The van der Waals surface area contributed by atoms with E-state index in [9.17, 15) is 5.11 Å². The van der Waals surface area contributed by atoms with Gasteiger partial charge in [0.15, 0.2) is 0 Å². The molecule has 0 radical (unpaired) electrons. The lowest BCUT2D eigenvalue weighted by Crippen LogP contribution is -2.38. The van der Waals surface area contributed by atoms with Crippen molar-refractivity contribution in [1.29, 1.82) is 0 Å². The molecule has 1 fully saturated rings. The van der Waals surface area contributed by atoms with Crippen LogP contribution in [0.5, 0.6) is 5.88 Å². The van der Waals surface area contributed by atoms with E-state index in [4.69, 9.17) is 4.74 Å². The summed E-state index contributed by atoms with van der Waals surface area (Å²) < 4.78 is 7.39. The van der Waals surface area contributed by atoms with Crippen LogP contribution in [0.1, 0.15) is 42.6 Å². The molecule has 1 N–H and O–H groups in total. The molecule has 2 heterocycles. The largest absolute Gasteiger partial charge is 0.481 e. The zero-order valence-corrected chi connectivity index (χ0v) is 15.0. The van der Waals surface area contributed by atoms with Crippen LogP contribution in [0, 0.1) is 6.92 Å². The van der Waals surface area contributed by atoms with Crippen molar-refractivity contribution in [3.63, 3.8) is 0 Å². The van der Waals surface area contributed by atoms with Crippen molar-refractivity contribution in [2.24, 2.45) is 7.05 Å². The lowest BCUT2D eigenvalue weighted by molar-refractivity contribution is 0.0113. The van der Waals surface area contributed by atoms with Crippen molar-refractivity contribution in [1.82, 2.24) is 14.7 Å². The lowest BCUT2D eigenvalue weighted by Gasteiger charge is -2.33. The van der Waals surface area contributed by atoms with Crippen molar-refractivity contribution in [3.8, 4) is 5.88 Å². The molecular formula is C19H27N3O2. The van der Waals surface area contributed by atoms with Crippen molar-refractivity contribution in [3.05, 3.63) is 47.2 Å². The molecule has 1 aliphatic heterocycles. The summed E-state index contributed by atoms with van der Waals surface area (Å²) >= 11 is 0. The Labute approximate surface area is 143 Å². The van der Waals surface area contributed by atoms with Gasteiger partial charge in [-0.15, -0.1) is 0 Å². The molecule has 1 saturated heterocycles. The van der Waals surface area contributed by atoms with Crippen LogP contribution in [0.2, 0.25) is 0 Å². The van der Waals surface area contributed by atoms with E-state index in [1.165, 1.54) is 0 Å². The molecule has 5 nitrogen and oxygen atoms in total. The quantitative estimate of drug-likeness (QED) is 0.916. The highest BCUT2D eigenvalue weighted by Crippen LogP contribution is 2.40. The van der Waals surface area contributed by atoms with E-state index in [1.54, 1.807) is 11.8 Å². The molecule has 5 heteroatoms. The molecular weight excluding hydrogens is 302 g/mol. The van der Waals surface area contributed by atoms with E-state index in [-0.39, 0.29) is 6.04 Å². The van der Waals surface area contributed by atoms with Crippen LogP contribution < -0.4 is 4.74 Å². The highest BCUT2D eigenvalue weighted by Gasteiger charge is 2.36. The van der Waals surface area contributed by atoms with Crippen LogP contribution in [0.4, 0.5) is 0 Å². The molecule has 2 atom stereocenters. The smallest absolute Gasteiger partial charge is 0.216 e. The molecule has 0 spiro atoms. The van der Waals surface area contributed by atoms with Crippen molar-refractivity contribution < 1.29 is 9.84 Å².